The van der Waals surface area contributed by atoms with Crippen LogP contribution in [0.3, 0.4) is 0 Å². The van der Waals surface area contributed by atoms with E-state index in [0.717, 1.165) is 35.9 Å². The summed E-state index contributed by atoms with van der Waals surface area (Å²) >= 11 is 1.70. The quantitative estimate of drug-likeness (QED) is 0.774. The van der Waals surface area contributed by atoms with E-state index in [9.17, 15) is 0 Å². The monoisotopic (exact) mass is 250 g/mol. The Bertz CT molecular complexity index is 435. The number of aryl methyl sites for hydroxylation is 2. The van der Waals surface area contributed by atoms with Crippen LogP contribution in [0.5, 0.6) is 0 Å². The number of imidazole rings is 1. The summed E-state index contributed by atoms with van der Waals surface area (Å²) in [5.74, 6) is 1.06. The van der Waals surface area contributed by atoms with E-state index in [1.165, 1.54) is 0 Å². The molecule has 4 nitrogen and oxygen atoms in total. The second-order valence-electron chi connectivity index (χ2n) is 4.11. The maximum Gasteiger partial charge on any atom is 0.106 e. The molecule has 0 amide bonds. The molecule has 2 rings (SSSR count). The molecule has 0 aliphatic rings. The number of rotatable bonds is 6. The number of H-pyrrole nitrogens is 1. The summed E-state index contributed by atoms with van der Waals surface area (Å²) in [6.07, 6.45) is 5.73. The molecule has 0 fully saturated rings. The van der Waals surface area contributed by atoms with Gasteiger partial charge >= 0.3 is 0 Å². The first kappa shape index (κ1) is 12.3. The summed E-state index contributed by atoms with van der Waals surface area (Å²) in [6, 6.07) is 0.330. The zero-order valence-electron chi connectivity index (χ0n) is 10.2. The molecule has 0 aromatic carbocycles. The molecule has 2 aromatic heterocycles. The van der Waals surface area contributed by atoms with Crippen molar-refractivity contribution in [3.63, 3.8) is 0 Å². The Labute approximate surface area is 106 Å². The van der Waals surface area contributed by atoms with Gasteiger partial charge in [0.2, 0.25) is 0 Å². The number of nitrogens with zero attached hydrogens (tertiary/aromatic N) is 2. The molecule has 2 aromatic rings. The van der Waals surface area contributed by atoms with Gasteiger partial charge in [0, 0.05) is 30.2 Å². The zero-order chi connectivity index (χ0) is 12.1. The van der Waals surface area contributed by atoms with Gasteiger partial charge in [-0.1, -0.05) is 0 Å². The van der Waals surface area contributed by atoms with Crippen molar-refractivity contribution in [3.05, 3.63) is 34.3 Å². The van der Waals surface area contributed by atoms with Crippen LogP contribution in [0.1, 0.15) is 35.9 Å². The van der Waals surface area contributed by atoms with Gasteiger partial charge in [-0.05, 0) is 26.8 Å². The van der Waals surface area contributed by atoms with Crippen LogP contribution >= 0.6 is 11.3 Å². The van der Waals surface area contributed by atoms with E-state index in [4.69, 9.17) is 0 Å². The third-order valence-electron chi connectivity index (χ3n) is 2.68. The molecule has 0 saturated heterocycles. The third kappa shape index (κ3) is 3.64. The van der Waals surface area contributed by atoms with E-state index in [1.807, 2.05) is 13.1 Å². The van der Waals surface area contributed by atoms with Crippen molar-refractivity contribution in [2.45, 2.75) is 32.7 Å². The molecule has 1 unspecified atom stereocenters. The van der Waals surface area contributed by atoms with Gasteiger partial charge in [-0.25, -0.2) is 9.97 Å². The third-order valence-corrected chi connectivity index (χ3v) is 3.47. The highest BCUT2D eigenvalue weighted by Gasteiger charge is 2.07. The maximum absolute atomic E-state index is 4.48. The summed E-state index contributed by atoms with van der Waals surface area (Å²) < 4.78 is 0. The molecule has 92 valence electrons. The Morgan fingerprint density at radius 2 is 2.41 bits per heavy atom. The first-order valence-corrected chi connectivity index (χ1v) is 6.77. The van der Waals surface area contributed by atoms with Crippen LogP contribution in [0.15, 0.2) is 17.8 Å². The van der Waals surface area contributed by atoms with Gasteiger partial charge in [0.15, 0.2) is 0 Å². The molecule has 0 aliphatic carbocycles. The van der Waals surface area contributed by atoms with E-state index >= 15 is 0 Å². The highest BCUT2D eigenvalue weighted by molar-refractivity contribution is 7.09. The summed E-state index contributed by atoms with van der Waals surface area (Å²) in [5, 5.41) is 6.73. The number of aromatic amines is 1. The topological polar surface area (TPSA) is 53.6 Å². The lowest BCUT2D eigenvalue weighted by Gasteiger charge is -2.10. The largest absolute Gasteiger partial charge is 0.349 e. The van der Waals surface area contributed by atoms with Gasteiger partial charge in [0.25, 0.3) is 0 Å². The summed E-state index contributed by atoms with van der Waals surface area (Å²) in [6.45, 7) is 5.18. The second-order valence-corrected chi connectivity index (χ2v) is 5.17. The zero-order valence-corrected chi connectivity index (χ0v) is 11.0. The van der Waals surface area contributed by atoms with E-state index in [0.29, 0.717) is 6.04 Å². The van der Waals surface area contributed by atoms with E-state index < -0.39 is 0 Å². The number of nitrogens with one attached hydrogen (secondary N) is 2. The normalized spacial score (nSPS) is 12.8. The molecule has 0 aliphatic heterocycles. The molecule has 0 spiro atoms. The number of thiazole rings is 1. The number of aromatic nitrogens is 3. The molecule has 0 radical (unpaired) electrons. The van der Waals surface area contributed by atoms with Gasteiger partial charge in [-0.2, -0.15) is 0 Å². The molecule has 2 N–H and O–H groups in total. The summed E-state index contributed by atoms with van der Waals surface area (Å²) in [7, 11) is 0. The second kappa shape index (κ2) is 5.93. The van der Waals surface area contributed by atoms with E-state index in [-0.39, 0.29) is 0 Å². The maximum atomic E-state index is 4.48. The lowest BCUT2D eigenvalue weighted by molar-refractivity contribution is 0.546. The highest BCUT2D eigenvalue weighted by Crippen LogP contribution is 2.15. The van der Waals surface area contributed by atoms with Crippen LogP contribution in [0.2, 0.25) is 0 Å². The molecule has 1 atom stereocenters. The number of hydrogen-bond donors (Lipinski definition) is 2. The van der Waals surface area contributed by atoms with Crippen LogP contribution in [-0.2, 0) is 6.42 Å². The van der Waals surface area contributed by atoms with Gasteiger partial charge < -0.3 is 10.3 Å². The average Bonchev–Trinajstić information content (AvgIpc) is 2.95. The Hall–Kier alpha value is -1.20. The average molecular weight is 250 g/mol. The molecular formula is C12H18N4S. The fourth-order valence-electron chi connectivity index (χ4n) is 1.69. The number of hydrogen-bond acceptors (Lipinski definition) is 4. The lowest BCUT2D eigenvalue weighted by atomic mass is 10.2. The minimum Gasteiger partial charge on any atom is -0.349 e. The van der Waals surface area contributed by atoms with E-state index in [2.05, 4.69) is 32.6 Å². The van der Waals surface area contributed by atoms with Gasteiger partial charge in [-0.3, -0.25) is 0 Å². The lowest BCUT2D eigenvalue weighted by Crippen LogP contribution is -2.20. The molecule has 0 saturated carbocycles. The predicted molar refractivity (Wildman–Crippen MR) is 70.2 cm³/mol. The Morgan fingerprint density at radius 1 is 1.53 bits per heavy atom. The molecule has 0 bridgehead atoms. The van der Waals surface area contributed by atoms with Crippen molar-refractivity contribution in [2.75, 3.05) is 6.54 Å². The van der Waals surface area contributed by atoms with Crippen molar-refractivity contribution in [1.82, 2.24) is 20.3 Å². The van der Waals surface area contributed by atoms with Gasteiger partial charge in [-0.15, -0.1) is 11.3 Å². The van der Waals surface area contributed by atoms with Crippen LogP contribution in [0.25, 0.3) is 0 Å². The summed E-state index contributed by atoms with van der Waals surface area (Å²) in [5.41, 5.74) is 1.14. The predicted octanol–water partition coefficient (Wildman–Crippen LogP) is 2.46. The Balaban J connectivity index is 1.68. The van der Waals surface area contributed by atoms with Crippen molar-refractivity contribution < 1.29 is 0 Å². The first-order valence-electron chi connectivity index (χ1n) is 5.89. The fourth-order valence-corrected chi connectivity index (χ4v) is 2.40. The SMILES string of the molecule is Cc1nc(C(C)NCCCc2ncc[nH]2)cs1. The van der Waals surface area contributed by atoms with Crippen LogP contribution in [0, 0.1) is 6.92 Å². The molecule has 2 heterocycles. The van der Waals surface area contributed by atoms with Crippen molar-refractivity contribution >= 4 is 11.3 Å². The highest BCUT2D eigenvalue weighted by atomic mass is 32.1. The summed E-state index contributed by atoms with van der Waals surface area (Å²) in [4.78, 5) is 11.8. The first-order chi connectivity index (χ1) is 8.25. The van der Waals surface area contributed by atoms with Crippen molar-refractivity contribution in [1.29, 1.82) is 0 Å². The van der Waals surface area contributed by atoms with Crippen molar-refractivity contribution in [3.8, 4) is 0 Å². The minimum atomic E-state index is 0.330. The molecule has 5 heteroatoms. The van der Waals surface area contributed by atoms with Gasteiger partial charge in [0.1, 0.15) is 5.82 Å². The van der Waals surface area contributed by atoms with E-state index in [1.54, 1.807) is 17.5 Å². The van der Waals surface area contributed by atoms with Gasteiger partial charge in [0.05, 0.1) is 10.7 Å². The Kier molecular flexibility index (Phi) is 4.28. The smallest absolute Gasteiger partial charge is 0.106 e. The van der Waals surface area contributed by atoms with Crippen LogP contribution < -0.4 is 5.32 Å². The Morgan fingerprint density at radius 3 is 3.06 bits per heavy atom. The fraction of sp³-hybridized carbons (Fsp3) is 0.500. The molecular weight excluding hydrogens is 232 g/mol. The van der Waals surface area contributed by atoms with Crippen LogP contribution in [0.4, 0.5) is 0 Å². The van der Waals surface area contributed by atoms with Crippen molar-refractivity contribution in [2.24, 2.45) is 0 Å². The minimum absolute atomic E-state index is 0.330. The standard InChI is InChI=1S/C12H18N4S/c1-9(11-8-17-10(2)16-11)13-5-3-4-12-14-6-7-15-12/h6-9,13H,3-5H2,1-2H3,(H,14,15). The van der Waals surface area contributed by atoms with Crippen LogP contribution in [-0.4, -0.2) is 21.5 Å². The molecule has 17 heavy (non-hydrogen) atoms.